The highest BCUT2D eigenvalue weighted by atomic mass is 16.5. The Bertz CT molecular complexity index is 515. The summed E-state index contributed by atoms with van der Waals surface area (Å²) in [5.74, 6) is -2.01. The number of carbonyl (C=O) groups excluding carboxylic acids is 2. The van der Waals surface area contributed by atoms with Crippen LogP contribution < -0.4 is 15.8 Å². The van der Waals surface area contributed by atoms with Gasteiger partial charge in [0.1, 0.15) is 11.8 Å². The van der Waals surface area contributed by atoms with Crippen LogP contribution in [0.4, 0.5) is 0 Å². The zero-order valence-electron chi connectivity index (χ0n) is 11.0. The Morgan fingerprint density at radius 3 is 2.55 bits per heavy atom. The van der Waals surface area contributed by atoms with Crippen LogP contribution in [0.15, 0.2) is 24.3 Å². The van der Waals surface area contributed by atoms with Crippen molar-refractivity contribution in [1.82, 2.24) is 5.32 Å². The van der Waals surface area contributed by atoms with Crippen LogP contribution >= 0.6 is 0 Å². The van der Waals surface area contributed by atoms with Gasteiger partial charge in [0.2, 0.25) is 5.91 Å². The fraction of sp³-hybridized carbons (Fsp3) is 0.308. The van der Waals surface area contributed by atoms with Crippen molar-refractivity contribution in [2.45, 2.75) is 25.9 Å². The summed E-state index contributed by atoms with van der Waals surface area (Å²) >= 11 is 0. The molecular weight excluding hydrogens is 264 g/mol. The van der Waals surface area contributed by atoms with Crippen LogP contribution in [-0.2, 0) is 20.9 Å². The number of para-hydroxylation sites is 1. The Kier molecular flexibility index (Phi) is 5.67. The number of carboxylic acid groups (broad SMARTS) is 1. The number of carboxylic acids is 1. The average molecular weight is 280 g/mol. The van der Waals surface area contributed by atoms with Gasteiger partial charge in [-0.1, -0.05) is 18.2 Å². The van der Waals surface area contributed by atoms with E-state index in [2.05, 4.69) is 5.32 Å². The van der Waals surface area contributed by atoms with Gasteiger partial charge < -0.3 is 15.6 Å². The number of primary amides is 1. The molecule has 0 aliphatic rings. The molecule has 1 aromatic rings. The van der Waals surface area contributed by atoms with E-state index < -0.39 is 23.9 Å². The fourth-order valence-electron chi connectivity index (χ4n) is 1.59. The third-order valence-electron chi connectivity index (χ3n) is 2.47. The van der Waals surface area contributed by atoms with Gasteiger partial charge in [-0.25, -0.2) is 0 Å². The molecule has 0 fully saturated rings. The van der Waals surface area contributed by atoms with E-state index in [1.807, 2.05) is 0 Å². The van der Waals surface area contributed by atoms with Crippen molar-refractivity contribution in [3.8, 4) is 5.75 Å². The molecule has 1 atom stereocenters. The standard InChI is InChI=1S/C13H16N2O5/c1-8(16)20-11-5-3-2-4-9(11)7-15-10(13(18)19)6-12(14)17/h2-5,10,15H,6-7H2,1H3,(H2,14,17)(H,18,19). The monoisotopic (exact) mass is 280 g/mol. The maximum absolute atomic E-state index is 11.0. The second-order valence-corrected chi connectivity index (χ2v) is 4.14. The van der Waals surface area contributed by atoms with E-state index in [4.69, 9.17) is 15.6 Å². The van der Waals surface area contributed by atoms with Crippen LogP contribution in [0.5, 0.6) is 5.75 Å². The summed E-state index contributed by atoms with van der Waals surface area (Å²) in [4.78, 5) is 32.7. The zero-order chi connectivity index (χ0) is 15.1. The molecule has 0 bridgehead atoms. The van der Waals surface area contributed by atoms with Crippen molar-refractivity contribution in [2.75, 3.05) is 0 Å². The third-order valence-corrected chi connectivity index (χ3v) is 2.47. The first-order chi connectivity index (χ1) is 9.40. The summed E-state index contributed by atoms with van der Waals surface area (Å²) in [6.45, 7) is 1.41. The molecule has 20 heavy (non-hydrogen) atoms. The molecule has 0 radical (unpaired) electrons. The van der Waals surface area contributed by atoms with Crippen molar-refractivity contribution in [2.24, 2.45) is 5.73 Å². The first-order valence-corrected chi connectivity index (χ1v) is 5.91. The van der Waals surface area contributed by atoms with Gasteiger partial charge in [0.05, 0.1) is 6.42 Å². The molecule has 108 valence electrons. The van der Waals surface area contributed by atoms with E-state index in [0.717, 1.165) is 0 Å². The molecule has 0 saturated heterocycles. The second kappa shape index (κ2) is 7.25. The predicted molar refractivity (Wildman–Crippen MR) is 69.8 cm³/mol. The number of aliphatic carboxylic acids is 1. The Balaban J connectivity index is 2.74. The summed E-state index contributed by atoms with van der Waals surface area (Å²) in [7, 11) is 0. The first-order valence-electron chi connectivity index (χ1n) is 5.91. The normalized spacial score (nSPS) is 11.7. The molecule has 7 nitrogen and oxygen atoms in total. The van der Waals surface area contributed by atoms with Gasteiger partial charge in [-0.05, 0) is 6.07 Å². The van der Waals surface area contributed by atoms with Crippen LogP contribution in [0.1, 0.15) is 18.9 Å². The van der Waals surface area contributed by atoms with Gasteiger partial charge in [-0.15, -0.1) is 0 Å². The lowest BCUT2D eigenvalue weighted by Gasteiger charge is -2.14. The molecule has 0 spiro atoms. The molecule has 1 unspecified atom stereocenters. The Morgan fingerprint density at radius 1 is 1.35 bits per heavy atom. The number of hydrogen-bond acceptors (Lipinski definition) is 5. The van der Waals surface area contributed by atoms with Gasteiger partial charge in [0, 0.05) is 19.0 Å². The molecule has 1 amide bonds. The Labute approximate surface area is 115 Å². The van der Waals surface area contributed by atoms with E-state index in [-0.39, 0.29) is 13.0 Å². The molecular formula is C13H16N2O5. The first kappa shape index (κ1) is 15.6. The van der Waals surface area contributed by atoms with Crippen LogP contribution in [0.3, 0.4) is 0 Å². The summed E-state index contributed by atoms with van der Waals surface area (Å²) in [6.07, 6.45) is -0.314. The summed E-state index contributed by atoms with van der Waals surface area (Å²) in [5.41, 5.74) is 5.59. The number of nitrogens with one attached hydrogen (secondary N) is 1. The van der Waals surface area contributed by atoms with Crippen molar-refractivity contribution in [1.29, 1.82) is 0 Å². The lowest BCUT2D eigenvalue weighted by Crippen LogP contribution is -2.39. The molecule has 0 heterocycles. The summed E-state index contributed by atoms with van der Waals surface area (Å²) in [5, 5.41) is 11.6. The third kappa shape index (κ3) is 5.07. The van der Waals surface area contributed by atoms with Gasteiger partial charge in [-0.3, -0.25) is 19.7 Å². The number of rotatable bonds is 7. The largest absolute Gasteiger partial charge is 0.480 e. The number of hydrogen-bond donors (Lipinski definition) is 3. The van der Waals surface area contributed by atoms with E-state index in [1.54, 1.807) is 24.3 Å². The van der Waals surface area contributed by atoms with Gasteiger partial charge in [0.15, 0.2) is 0 Å². The van der Waals surface area contributed by atoms with Gasteiger partial charge >= 0.3 is 11.9 Å². The summed E-state index contributed by atoms with van der Waals surface area (Å²) in [6, 6.07) is 5.63. The predicted octanol–water partition coefficient (Wildman–Crippen LogP) is 0.0301. The van der Waals surface area contributed by atoms with E-state index >= 15 is 0 Å². The highest BCUT2D eigenvalue weighted by molar-refractivity contribution is 5.83. The average Bonchev–Trinajstić information content (AvgIpc) is 2.34. The quantitative estimate of drug-likeness (QED) is 0.479. The van der Waals surface area contributed by atoms with Gasteiger partial charge in [-0.2, -0.15) is 0 Å². The number of ether oxygens (including phenoxy) is 1. The fourth-order valence-corrected chi connectivity index (χ4v) is 1.59. The van der Waals surface area contributed by atoms with Crippen LogP contribution in [-0.4, -0.2) is 29.0 Å². The van der Waals surface area contributed by atoms with Crippen molar-refractivity contribution in [3.05, 3.63) is 29.8 Å². The highest BCUT2D eigenvalue weighted by Crippen LogP contribution is 2.18. The molecule has 0 aromatic heterocycles. The SMILES string of the molecule is CC(=O)Oc1ccccc1CNC(CC(N)=O)C(=O)O. The number of carbonyl (C=O) groups is 3. The number of amides is 1. The van der Waals surface area contributed by atoms with Crippen LogP contribution in [0.25, 0.3) is 0 Å². The summed E-state index contributed by atoms with van der Waals surface area (Å²) < 4.78 is 5.00. The van der Waals surface area contributed by atoms with Crippen LogP contribution in [0.2, 0.25) is 0 Å². The van der Waals surface area contributed by atoms with Crippen molar-refractivity contribution >= 4 is 17.8 Å². The highest BCUT2D eigenvalue weighted by Gasteiger charge is 2.19. The van der Waals surface area contributed by atoms with E-state index in [0.29, 0.717) is 11.3 Å². The second-order valence-electron chi connectivity index (χ2n) is 4.14. The molecule has 0 aliphatic carbocycles. The molecule has 0 saturated carbocycles. The molecule has 7 heteroatoms. The van der Waals surface area contributed by atoms with E-state index in [9.17, 15) is 14.4 Å². The molecule has 4 N–H and O–H groups in total. The minimum Gasteiger partial charge on any atom is -0.480 e. The molecule has 0 aliphatic heterocycles. The lowest BCUT2D eigenvalue weighted by molar-refractivity contribution is -0.141. The maximum Gasteiger partial charge on any atom is 0.321 e. The minimum atomic E-state index is -1.17. The number of esters is 1. The number of benzene rings is 1. The number of nitrogens with two attached hydrogens (primary N) is 1. The molecule has 1 aromatic carbocycles. The van der Waals surface area contributed by atoms with Crippen LogP contribution in [0, 0.1) is 0 Å². The zero-order valence-corrected chi connectivity index (χ0v) is 11.0. The van der Waals surface area contributed by atoms with E-state index in [1.165, 1.54) is 6.92 Å². The lowest BCUT2D eigenvalue weighted by atomic mass is 10.1. The molecule has 1 rings (SSSR count). The smallest absolute Gasteiger partial charge is 0.321 e. The Hall–Kier alpha value is -2.41. The van der Waals surface area contributed by atoms with Crippen molar-refractivity contribution < 1.29 is 24.2 Å². The van der Waals surface area contributed by atoms with Crippen molar-refractivity contribution in [3.63, 3.8) is 0 Å². The van der Waals surface area contributed by atoms with Gasteiger partial charge in [0.25, 0.3) is 0 Å². The minimum absolute atomic E-state index is 0.133. The topological polar surface area (TPSA) is 119 Å². The Morgan fingerprint density at radius 2 is 2.00 bits per heavy atom. The maximum atomic E-state index is 11.0.